The van der Waals surface area contributed by atoms with Crippen LogP contribution in [0.1, 0.15) is 31.0 Å². The van der Waals surface area contributed by atoms with E-state index in [1.165, 1.54) is 11.1 Å². The van der Waals surface area contributed by atoms with Crippen molar-refractivity contribution in [3.8, 4) is 0 Å². The van der Waals surface area contributed by atoms with E-state index in [-0.39, 0.29) is 18.1 Å². The highest BCUT2D eigenvalue weighted by atomic mass is 79.9. The molecule has 1 aromatic carbocycles. The third-order valence-corrected chi connectivity index (χ3v) is 5.03. The Hall–Kier alpha value is -0.420. The van der Waals surface area contributed by atoms with E-state index in [1.54, 1.807) is 0 Å². The second kappa shape index (κ2) is 6.56. The van der Waals surface area contributed by atoms with Crippen molar-refractivity contribution >= 4 is 15.9 Å². The number of aliphatic hydroxyl groups excluding tert-OH is 1. The molecule has 0 amide bonds. The van der Waals surface area contributed by atoms with E-state index in [9.17, 15) is 5.11 Å². The van der Waals surface area contributed by atoms with Gasteiger partial charge in [-0.25, -0.2) is 0 Å². The average Bonchev–Trinajstić information content (AvgIpc) is 2.44. The Kier molecular flexibility index (Phi) is 5.24. The number of aliphatic hydroxyl groups is 1. The van der Waals surface area contributed by atoms with Gasteiger partial charge in [0.1, 0.15) is 0 Å². The Morgan fingerprint density at radius 3 is 2.55 bits per heavy atom. The van der Waals surface area contributed by atoms with Crippen LogP contribution in [0.15, 0.2) is 22.7 Å². The second-order valence-corrected chi connectivity index (χ2v) is 7.20. The van der Waals surface area contributed by atoms with E-state index < -0.39 is 0 Å². The topological polar surface area (TPSA) is 35.5 Å². The molecule has 1 aliphatic heterocycles. The van der Waals surface area contributed by atoms with Crippen LogP contribution in [0.3, 0.4) is 0 Å². The van der Waals surface area contributed by atoms with Crippen molar-refractivity contribution in [2.45, 2.75) is 26.8 Å². The van der Waals surface area contributed by atoms with Crippen LogP contribution in [-0.4, -0.2) is 42.8 Å². The molecule has 2 rings (SSSR count). The minimum absolute atomic E-state index is 0.161. The zero-order chi connectivity index (χ0) is 14.8. The van der Waals surface area contributed by atoms with Crippen molar-refractivity contribution in [1.82, 2.24) is 10.2 Å². The van der Waals surface area contributed by atoms with Gasteiger partial charge < -0.3 is 10.4 Å². The zero-order valence-corrected chi connectivity index (χ0v) is 14.2. The number of halogens is 1. The van der Waals surface area contributed by atoms with Crippen LogP contribution in [0.2, 0.25) is 0 Å². The fourth-order valence-corrected chi connectivity index (χ4v) is 3.36. The number of nitrogens with zero attached hydrogens (tertiary/aromatic N) is 1. The monoisotopic (exact) mass is 340 g/mol. The molecule has 1 saturated heterocycles. The summed E-state index contributed by atoms with van der Waals surface area (Å²) in [6.07, 6.45) is 0. The molecule has 0 spiro atoms. The van der Waals surface area contributed by atoms with Gasteiger partial charge in [0.15, 0.2) is 0 Å². The van der Waals surface area contributed by atoms with Gasteiger partial charge in [-0.05, 0) is 24.1 Å². The Morgan fingerprint density at radius 2 is 2.00 bits per heavy atom. The van der Waals surface area contributed by atoms with Gasteiger partial charge in [-0.15, -0.1) is 0 Å². The molecular formula is C16H25BrN2O. The van der Waals surface area contributed by atoms with Gasteiger partial charge in [-0.2, -0.15) is 0 Å². The van der Waals surface area contributed by atoms with Crippen molar-refractivity contribution in [3.63, 3.8) is 0 Å². The van der Waals surface area contributed by atoms with Crippen LogP contribution in [0, 0.1) is 12.3 Å². The number of hydrogen-bond donors (Lipinski definition) is 2. The predicted molar refractivity (Wildman–Crippen MR) is 86.9 cm³/mol. The van der Waals surface area contributed by atoms with Crippen molar-refractivity contribution in [2.24, 2.45) is 5.41 Å². The van der Waals surface area contributed by atoms with Gasteiger partial charge in [0.05, 0.1) is 0 Å². The highest BCUT2D eigenvalue weighted by molar-refractivity contribution is 9.10. The number of rotatable bonds is 4. The Morgan fingerprint density at radius 1 is 1.35 bits per heavy atom. The molecule has 20 heavy (non-hydrogen) atoms. The van der Waals surface area contributed by atoms with Crippen molar-refractivity contribution in [3.05, 3.63) is 33.8 Å². The highest BCUT2D eigenvalue weighted by Crippen LogP contribution is 2.39. The smallest absolute Gasteiger partial charge is 0.0500 e. The molecule has 0 unspecified atom stereocenters. The first-order valence-electron chi connectivity index (χ1n) is 7.27. The van der Waals surface area contributed by atoms with Crippen LogP contribution in [-0.2, 0) is 0 Å². The molecular weight excluding hydrogens is 316 g/mol. The van der Waals surface area contributed by atoms with Crippen molar-refractivity contribution in [2.75, 3.05) is 32.8 Å². The van der Waals surface area contributed by atoms with Crippen LogP contribution in [0.4, 0.5) is 0 Å². The van der Waals surface area contributed by atoms with Crippen LogP contribution < -0.4 is 5.32 Å². The fraction of sp³-hybridized carbons (Fsp3) is 0.625. The van der Waals surface area contributed by atoms with Crippen LogP contribution in [0.5, 0.6) is 0 Å². The standard InChI is InChI=1S/C16H25BrN2O/c1-12-4-5-13(10-14(12)17)15(16(2,3)11-20)19-8-6-18-7-9-19/h4-5,10,15,18,20H,6-9,11H2,1-3H3/t15-/m0/s1. The zero-order valence-electron chi connectivity index (χ0n) is 12.6. The minimum Gasteiger partial charge on any atom is -0.396 e. The Bertz CT molecular complexity index is 456. The van der Waals surface area contributed by atoms with Crippen molar-refractivity contribution in [1.29, 1.82) is 0 Å². The maximum absolute atomic E-state index is 9.83. The SMILES string of the molecule is Cc1ccc([C@H](N2CCNCC2)C(C)(C)CO)cc1Br. The maximum atomic E-state index is 9.83. The molecule has 1 aliphatic rings. The summed E-state index contributed by atoms with van der Waals surface area (Å²) in [4.78, 5) is 2.49. The molecule has 112 valence electrons. The molecule has 0 aliphatic carbocycles. The van der Waals surface area contributed by atoms with E-state index in [0.717, 1.165) is 30.7 Å². The molecule has 1 aromatic rings. The first kappa shape index (κ1) is 16.0. The normalized spacial score (nSPS) is 19.1. The first-order valence-corrected chi connectivity index (χ1v) is 8.06. The number of nitrogens with one attached hydrogen (secondary N) is 1. The predicted octanol–water partition coefficient (Wildman–Crippen LogP) is 2.72. The Balaban J connectivity index is 2.36. The minimum atomic E-state index is -0.161. The number of aryl methyl sites for hydroxylation is 1. The Labute approximate surface area is 130 Å². The third kappa shape index (κ3) is 3.42. The summed E-state index contributed by atoms with van der Waals surface area (Å²) in [5, 5.41) is 13.2. The lowest BCUT2D eigenvalue weighted by molar-refractivity contribution is 0.0305. The van der Waals surface area contributed by atoms with Gasteiger partial charge in [-0.1, -0.05) is 41.9 Å². The third-order valence-electron chi connectivity index (χ3n) is 4.18. The lowest BCUT2D eigenvalue weighted by Crippen LogP contribution is -2.49. The molecule has 0 bridgehead atoms. The molecule has 1 fully saturated rings. The van der Waals surface area contributed by atoms with E-state index in [4.69, 9.17) is 0 Å². The molecule has 4 heteroatoms. The molecule has 2 N–H and O–H groups in total. The largest absolute Gasteiger partial charge is 0.396 e. The molecule has 0 radical (unpaired) electrons. The van der Waals surface area contributed by atoms with E-state index in [1.807, 2.05) is 0 Å². The lowest BCUT2D eigenvalue weighted by atomic mass is 9.79. The summed E-state index contributed by atoms with van der Waals surface area (Å²) >= 11 is 3.63. The number of benzene rings is 1. The van der Waals surface area contributed by atoms with E-state index in [0.29, 0.717) is 0 Å². The van der Waals surface area contributed by atoms with Crippen molar-refractivity contribution < 1.29 is 5.11 Å². The van der Waals surface area contributed by atoms with Gasteiger partial charge in [0.25, 0.3) is 0 Å². The summed E-state index contributed by atoms with van der Waals surface area (Å²) in [5.41, 5.74) is 2.37. The van der Waals surface area contributed by atoms with Crippen LogP contribution >= 0.6 is 15.9 Å². The lowest BCUT2D eigenvalue weighted by Gasteiger charge is -2.43. The number of piperazine rings is 1. The highest BCUT2D eigenvalue weighted by Gasteiger charge is 2.35. The van der Waals surface area contributed by atoms with E-state index in [2.05, 4.69) is 65.1 Å². The van der Waals surface area contributed by atoms with Gasteiger partial charge in [-0.3, -0.25) is 4.90 Å². The molecule has 1 atom stereocenters. The molecule has 3 nitrogen and oxygen atoms in total. The average molecular weight is 341 g/mol. The summed E-state index contributed by atoms with van der Waals surface area (Å²) < 4.78 is 1.14. The van der Waals surface area contributed by atoms with E-state index >= 15 is 0 Å². The quantitative estimate of drug-likeness (QED) is 0.884. The summed E-state index contributed by atoms with van der Waals surface area (Å²) in [6.45, 7) is 10.7. The summed E-state index contributed by atoms with van der Waals surface area (Å²) in [7, 11) is 0. The molecule has 1 heterocycles. The molecule has 0 saturated carbocycles. The first-order chi connectivity index (χ1) is 9.45. The van der Waals surface area contributed by atoms with Gasteiger partial charge in [0, 0.05) is 48.7 Å². The van der Waals surface area contributed by atoms with Crippen LogP contribution in [0.25, 0.3) is 0 Å². The fourth-order valence-electron chi connectivity index (χ4n) is 2.96. The number of hydrogen-bond acceptors (Lipinski definition) is 3. The summed E-state index contributed by atoms with van der Waals surface area (Å²) in [6, 6.07) is 6.80. The maximum Gasteiger partial charge on any atom is 0.0500 e. The summed E-state index contributed by atoms with van der Waals surface area (Å²) in [5.74, 6) is 0. The van der Waals surface area contributed by atoms with Gasteiger partial charge in [0.2, 0.25) is 0 Å². The second-order valence-electron chi connectivity index (χ2n) is 6.34. The van der Waals surface area contributed by atoms with Gasteiger partial charge >= 0.3 is 0 Å². The molecule has 0 aromatic heterocycles.